The third-order valence-corrected chi connectivity index (χ3v) is 4.30. The molecule has 2 unspecified atom stereocenters. The Bertz CT molecular complexity index is 393. The summed E-state index contributed by atoms with van der Waals surface area (Å²) in [7, 11) is 2.17. The molecular formula is C15H24ClN3. The summed E-state index contributed by atoms with van der Waals surface area (Å²) >= 11 is 5.98. The van der Waals surface area contributed by atoms with E-state index >= 15 is 0 Å². The largest absolute Gasteiger partial charge is 0.329 e. The molecule has 2 rings (SSSR count). The average molecular weight is 282 g/mol. The SMILES string of the molecule is CCC(c1ccc(Cl)cc1)N1CCN(C)CC1CN. The number of halogens is 1. The Morgan fingerprint density at radius 2 is 2.00 bits per heavy atom. The van der Waals surface area contributed by atoms with Crippen LogP contribution in [0.1, 0.15) is 24.9 Å². The first kappa shape index (κ1) is 14.8. The lowest BCUT2D eigenvalue weighted by molar-refractivity contribution is 0.0538. The molecule has 1 fully saturated rings. The molecule has 0 amide bonds. The highest BCUT2D eigenvalue weighted by molar-refractivity contribution is 6.30. The van der Waals surface area contributed by atoms with Gasteiger partial charge in [-0.3, -0.25) is 4.90 Å². The van der Waals surface area contributed by atoms with Gasteiger partial charge in [0.2, 0.25) is 0 Å². The first-order valence-corrected chi connectivity index (χ1v) is 7.43. The fourth-order valence-electron chi connectivity index (χ4n) is 2.99. The van der Waals surface area contributed by atoms with Crippen molar-refractivity contribution in [3.63, 3.8) is 0 Å². The van der Waals surface area contributed by atoms with Crippen LogP contribution in [0, 0.1) is 0 Å². The summed E-state index contributed by atoms with van der Waals surface area (Å²) in [6.45, 7) is 6.21. The van der Waals surface area contributed by atoms with Gasteiger partial charge in [0.15, 0.2) is 0 Å². The van der Waals surface area contributed by atoms with Gasteiger partial charge >= 0.3 is 0 Å². The topological polar surface area (TPSA) is 32.5 Å². The molecule has 0 aromatic heterocycles. The van der Waals surface area contributed by atoms with Gasteiger partial charge in [0.25, 0.3) is 0 Å². The monoisotopic (exact) mass is 281 g/mol. The quantitative estimate of drug-likeness (QED) is 0.920. The second kappa shape index (κ2) is 6.71. The summed E-state index contributed by atoms with van der Waals surface area (Å²) in [6.07, 6.45) is 1.10. The number of nitrogens with zero attached hydrogens (tertiary/aromatic N) is 2. The standard InChI is InChI=1S/C15H24ClN3/c1-3-15(12-4-6-13(16)7-5-12)19-9-8-18(2)11-14(19)10-17/h4-7,14-15H,3,8-11,17H2,1-2H3. The van der Waals surface area contributed by atoms with Gasteiger partial charge in [0.05, 0.1) is 0 Å². The van der Waals surface area contributed by atoms with Crippen molar-refractivity contribution in [3.05, 3.63) is 34.9 Å². The molecule has 1 aromatic carbocycles. The number of benzene rings is 1. The van der Waals surface area contributed by atoms with Crippen molar-refractivity contribution >= 4 is 11.6 Å². The Hall–Kier alpha value is -0.610. The van der Waals surface area contributed by atoms with Gasteiger partial charge < -0.3 is 10.6 Å². The van der Waals surface area contributed by atoms with E-state index in [9.17, 15) is 0 Å². The Morgan fingerprint density at radius 1 is 1.32 bits per heavy atom. The van der Waals surface area contributed by atoms with Crippen molar-refractivity contribution in [2.45, 2.75) is 25.4 Å². The van der Waals surface area contributed by atoms with E-state index in [1.807, 2.05) is 12.1 Å². The number of hydrogen-bond acceptors (Lipinski definition) is 3. The zero-order chi connectivity index (χ0) is 13.8. The zero-order valence-electron chi connectivity index (χ0n) is 11.8. The fraction of sp³-hybridized carbons (Fsp3) is 0.600. The second-order valence-electron chi connectivity index (χ2n) is 5.37. The van der Waals surface area contributed by atoms with Gasteiger partial charge in [-0.15, -0.1) is 0 Å². The molecular weight excluding hydrogens is 258 g/mol. The molecule has 0 saturated carbocycles. The van der Waals surface area contributed by atoms with E-state index in [1.165, 1.54) is 5.56 Å². The predicted molar refractivity (Wildman–Crippen MR) is 81.5 cm³/mol. The van der Waals surface area contributed by atoms with Crippen LogP contribution in [0.2, 0.25) is 5.02 Å². The highest BCUT2D eigenvalue weighted by atomic mass is 35.5. The van der Waals surface area contributed by atoms with Crippen molar-refractivity contribution in [2.75, 3.05) is 33.2 Å². The van der Waals surface area contributed by atoms with E-state index in [4.69, 9.17) is 17.3 Å². The summed E-state index contributed by atoms with van der Waals surface area (Å²) in [5.74, 6) is 0. The van der Waals surface area contributed by atoms with E-state index in [1.54, 1.807) is 0 Å². The third kappa shape index (κ3) is 3.48. The summed E-state index contributed by atoms with van der Waals surface area (Å²) in [5, 5.41) is 0.798. The van der Waals surface area contributed by atoms with Gasteiger partial charge in [-0.25, -0.2) is 0 Å². The molecule has 0 spiro atoms. The maximum atomic E-state index is 5.98. The van der Waals surface area contributed by atoms with Gasteiger partial charge in [0.1, 0.15) is 0 Å². The first-order valence-electron chi connectivity index (χ1n) is 7.05. The minimum Gasteiger partial charge on any atom is -0.329 e. The van der Waals surface area contributed by atoms with Gasteiger partial charge in [0, 0.05) is 43.3 Å². The molecule has 1 heterocycles. The van der Waals surface area contributed by atoms with Crippen LogP contribution in [0.4, 0.5) is 0 Å². The normalized spacial score (nSPS) is 23.5. The Kier molecular flexibility index (Phi) is 5.22. The molecule has 0 aliphatic carbocycles. The van der Waals surface area contributed by atoms with Crippen molar-refractivity contribution in [2.24, 2.45) is 5.73 Å². The minimum atomic E-state index is 0.444. The first-order chi connectivity index (χ1) is 9.15. The van der Waals surface area contributed by atoms with Crippen molar-refractivity contribution in [1.82, 2.24) is 9.80 Å². The maximum Gasteiger partial charge on any atom is 0.0406 e. The molecule has 4 heteroatoms. The van der Waals surface area contributed by atoms with Crippen molar-refractivity contribution in [1.29, 1.82) is 0 Å². The fourth-order valence-corrected chi connectivity index (χ4v) is 3.12. The van der Waals surface area contributed by atoms with Crippen molar-refractivity contribution in [3.8, 4) is 0 Å². The molecule has 1 aliphatic rings. The summed E-state index contributed by atoms with van der Waals surface area (Å²) in [5.41, 5.74) is 7.30. The molecule has 106 valence electrons. The molecule has 19 heavy (non-hydrogen) atoms. The van der Waals surface area contributed by atoms with Crippen LogP contribution in [-0.2, 0) is 0 Å². The third-order valence-electron chi connectivity index (χ3n) is 4.05. The summed E-state index contributed by atoms with van der Waals surface area (Å²) < 4.78 is 0. The molecule has 2 N–H and O–H groups in total. The van der Waals surface area contributed by atoms with Crippen LogP contribution in [0.25, 0.3) is 0 Å². The lowest BCUT2D eigenvalue weighted by Gasteiger charge is -2.44. The Morgan fingerprint density at radius 3 is 2.58 bits per heavy atom. The van der Waals surface area contributed by atoms with Crippen LogP contribution in [0.15, 0.2) is 24.3 Å². The molecule has 1 aromatic rings. The van der Waals surface area contributed by atoms with E-state index < -0.39 is 0 Å². The number of piperazine rings is 1. The number of nitrogens with two attached hydrogens (primary N) is 1. The smallest absolute Gasteiger partial charge is 0.0406 e. The second-order valence-corrected chi connectivity index (χ2v) is 5.80. The number of rotatable bonds is 4. The molecule has 1 aliphatic heterocycles. The van der Waals surface area contributed by atoms with Crippen LogP contribution in [-0.4, -0.2) is 49.1 Å². The van der Waals surface area contributed by atoms with Gasteiger partial charge in [-0.2, -0.15) is 0 Å². The van der Waals surface area contributed by atoms with E-state index in [-0.39, 0.29) is 0 Å². The summed E-state index contributed by atoms with van der Waals surface area (Å²) in [4.78, 5) is 4.92. The highest BCUT2D eigenvalue weighted by Crippen LogP contribution is 2.28. The van der Waals surface area contributed by atoms with Gasteiger partial charge in [-0.05, 0) is 31.2 Å². The lowest BCUT2D eigenvalue weighted by atomic mass is 9.99. The van der Waals surface area contributed by atoms with Crippen LogP contribution < -0.4 is 5.73 Å². The maximum absolute atomic E-state index is 5.98. The van der Waals surface area contributed by atoms with E-state index in [0.717, 1.165) is 31.1 Å². The molecule has 2 atom stereocenters. The van der Waals surface area contributed by atoms with Crippen LogP contribution >= 0.6 is 11.6 Å². The number of likely N-dealkylation sites (N-methyl/N-ethyl adjacent to an activating group) is 1. The minimum absolute atomic E-state index is 0.444. The highest BCUT2D eigenvalue weighted by Gasteiger charge is 2.29. The van der Waals surface area contributed by atoms with Crippen molar-refractivity contribution < 1.29 is 0 Å². The van der Waals surface area contributed by atoms with Gasteiger partial charge in [-0.1, -0.05) is 30.7 Å². The predicted octanol–water partition coefficient (Wildman–Crippen LogP) is 2.37. The molecule has 3 nitrogen and oxygen atoms in total. The number of hydrogen-bond donors (Lipinski definition) is 1. The molecule has 0 bridgehead atoms. The average Bonchev–Trinajstić information content (AvgIpc) is 2.43. The van der Waals surface area contributed by atoms with E-state index in [2.05, 4.69) is 35.9 Å². The Balaban J connectivity index is 2.18. The zero-order valence-corrected chi connectivity index (χ0v) is 12.6. The van der Waals surface area contributed by atoms with E-state index in [0.29, 0.717) is 18.6 Å². The molecule has 1 saturated heterocycles. The lowest BCUT2D eigenvalue weighted by Crippen LogP contribution is -2.55. The van der Waals surface area contributed by atoms with Crippen LogP contribution in [0.3, 0.4) is 0 Å². The van der Waals surface area contributed by atoms with Crippen LogP contribution in [0.5, 0.6) is 0 Å². The Labute approximate surface area is 121 Å². The molecule has 0 radical (unpaired) electrons. The summed E-state index contributed by atoms with van der Waals surface area (Å²) in [6, 6.07) is 9.13.